The van der Waals surface area contributed by atoms with Crippen LogP contribution in [0.2, 0.25) is 0 Å². The molecule has 1 aliphatic carbocycles. The Kier molecular flexibility index (Phi) is 4.77. The van der Waals surface area contributed by atoms with Gasteiger partial charge < -0.3 is 5.11 Å². The van der Waals surface area contributed by atoms with Gasteiger partial charge in [-0.1, -0.05) is 13.3 Å². The maximum atomic E-state index is 11.3. The first kappa shape index (κ1) is 13.5. The third kappa shape index (κ3) is 3.77. The molecule has 0 aromatic heterocycles. The highest BCUT2D eigenvalue weighted by molar-refractivity contribution is 7.91. The highest BCUT2D eigenvalue weighted by Crippen LogP contribution is 2.35. The SMILES string of the molecule is CCS(=O)(=O)CCCC1CCCC1C(=O)O. The van der Waals surface area contributed by atoms with E-state index in [1.54, 1.807) is 6.92 Å². The van der Waals surface area contributed by atoms with Crippen molar-refractivity contribution >= 4 is 15.8 Å². The molecule has 1 aliphatic rings. The minimum atomic E-state index is -2.90. The Labute approximate surface area is 97.0 Å². The van der Waals surface area contributed by atoms with E-state index in [0.29, 0.717) is 6.42 Å². The zero-order valence-electron chi connectivity index (χ0n) is 9.68. The van der Waals surface area contributed by atoms with Crippen molar-refractivity contribution in [3.05, 3.63) is 0 Å². The van der Waals surface area contributed by atoms with Gasteiger partial charge in [0.2, 0.25) is 0 Å². The Morgan fingerprint density at radius 1 is 1.38 bits per heavy atom. The molecular formula is C11H20O4S. The Bertz CT molecular complexity index is 334. The quantitative estimate of drug-likeness (QED) is 0.776. The fraction of sp³-hybridized carbons (Fsp3) is 0.909. The molecule has 4 nitrogen and oxygen atoms in total. The average molecular weight is 248 g/mol. The van der Waals surface area contributed by atoms with E-state index in [9.17, 15) is 13.2 Å². The topological polar surface area (TPSA) is 71.4 Å². The van der Waals surface area contributed by atoms with Gasteiger partial charge >= 0.3 is 5.97 Å². The maximum absolute atomic E-state index is 11.3. The fourth-order valence-corrected chi connectivity index (χ4v) is 3.31. The molecule has 0 radical (unpaired) electrons. The predicted molar refractivity (Wildman–Crippen MR) is 62.0 cm³/mol. The molecular weight excluding hydrogens is 228 g/mol. The van der Waals surface area contributed by atoms with Crippen molar-refractivity contribution in [3.63, 3.8) is 0 Å². The van der Waals surface area contributed by atoms with E-state index in [1.807, 2.05) is 0 Å². The smallest absolute Gasteiger partial charge is 0.306 e. The third-order valence-electron chi connectivity index (χ3n) is 3.45. The number of rotatable bonds is 6. The third-order valence-corrected chi connectivity index (χ3v) is 5.24. The Morgan fingerprint density at radius 2 is 2.06 bits per heavy atom. The van der Waals surface area contributed by atoms with Gasteiger partial charge in [0.15, 0.2) is 0 Å². The van der Waals surface area contributed by atoms with Crippen LogP contribution in [0.1, 0.15) is 39.0 Å². The lowest BCUT2D eigenvalue weighted by Gasteiger charge is -2.14. The summed E-state index contributed by atoms with van der Waals surface area (Å²) in [6.45, 7) is 1.64. The Hall–Kier alpha value is -0.580. The summed E-state index contributed by atoms with van der Waals surface area (Å²) in [5, 5.41) is 8.97. The van der Waals surface area contributed by atoms with E-state index < -0.39 is 15.8 Å². The minimum Gasteiger partial charge on any atom is -0.481 e. The first-order chi connectivity index (χ1) is 7.46. The normalized spacial score (nSPS) is 25.8. The van der Waals surface area contributed by atoms with E-state index >= 15 is 0 Å². The van der Waals surface area contributed by atoms with Crippen molar-refractivity contribution in [2.45, 2.75) is 39.0 Å². The molecule has 1 saturated carbocycles. The second-order valence-electron chi connectivity index (χ2n) is 4.51. The number of carbonyl (C=O) groups is 1. The van der Waals surface area contributed by atoms with Crippen LogP contribution >= 0.6 is 0 Å². The fourth-order valence-electron chi connectivity index (χ4n) is 2.42. The largest absolute Gasteiger partial charge is 0.481 e. The summed E-state index contributed by atoms with van der Waals surface area (Å²) < 4.78 is 22.5. The van der Waals surface area contributed by atoms with Gasteiger partial charge in [-0.2, -0.15) is 0 Å². The van der Waals surface area contributed by atoms with Gasteiger partial charge in [-0.05, 0) is 31.6 Å². The maximum Gasteiger partial charge on any atom is 0.306 e. The number of hydrogen-bond donors (Lipinski definition) is 1. The summed E-state index contributed by atoms with van der Waals surface area (Å²) in [7, 11) is -2.90. The van der Waals surface area contributed by atoms with Gasteiger partial charge in [-0.3, -0.25) is 4.79 Å². The Balaban J connectivity index is 2.35. The van der Waals surface area contributed by atoms with Crippen LogP contribution in [0.25, 0.3) is 0 Å². The number of sulfone groups is 1. The Morgan fingerprint density at radius 3 is 2.62 bits per heavy atom. The van der Waals surface area contributed by atoms with Crippen LogP contribution in [0.4, 0.5) is 0 Å². The van der Waals surface area contributed by atoms with E-state index in [2.05, 4.69) is 0 Å². The predicted octanol–water partition coefficient (Wildman–Crippen LogP) is 1.70. The van der Waals surface area contributed by atoms with Gasteiger partial charge in [0.25, 0.3) is 0 Å². The molecule has 0 aromatic rings. The zero-order chi connectivity index (χ0) is 12.2. The van der Waals surface area contributed by atoms with Crippen LogP contribution in [-0.4, -0.2) is 31.0 Å². The highest BCUT2D eigenvalue weighted by atomic mass is 32.2. The summed E-state index contributed by atoms with van der Waals surface area (Å²) in [6.07, 6.45) is 3.98. The molecule has 0 saturated heterocycles. The first-order valence-electron chi connectivity index (χ1n) is 5.89. The molecule has 0 amide bonds. The van der Waals surface area contributed by atoms with Crippen molar-refractivity contribution in [3.8, 4) is 0 Å². The van der Waals surface area contributed by atoms with Crippen molar-refractivity contribution in [2.75, 3.05) is 11.5 Å². The molecule has 16 heavy (non-hydrogen) atoms. The summed E-state index contributed by atoms with van der Waals surface area (Å²) >= 11 is 0. The molecule has 1 fully saturated rings. The lowest BCUT2D eigenvalue weighted by molar-refractivity contribution is -0.143. The van der Waals surface area contributed by atoms with Crippen molar-refractivity contribution in [1.82, 2.24) is 0 Å². The van der Waals surface area contributed by atoms with Gasteiger partial charge in [0, 0.05) is 5.75 Å². The molecule has 0 spiro atoms. The number of carboxylic acids is 1. The van der Waals surface area contributed by atoms with Crippen LogP contribution in [0.5, 0.6) is 0 Å². The average Bonchev–Trinajstić information content (AvgIpc) is 2.66. The highest BCUT2D eigenvalue weighted by Gasteiger charge is 2.32. The van der Waals surface area contributed by atoms with Crippen LogP contribution < -0.4 is 0 Å². The molecule has 1 N–H and O–H groups in total. The molecule has 2 atom stereocenters. The van der Waals surface area contributed by atoms with E-state index in [0.717, 1.165) is 25.7 Å². The lowest BCUT2D eigenvalue weighted by atomic mass is 9.92. The molecule has 94 valence electrons. The van der Waals surface area contributed by atoms with Gasteiger partial charge in [0.05, 0.1) is 11.7 Å². The summed E-state index contributed by atoms with van der Waals surface area (Å²) in [4.78, 5) is 10.9. The lowest BCUT2D eigenvalue weighted by Crippen LogP contribution is -2.19. The van der Waals surface area contributed by atoms with E-state index in [-0.39, 0.29) is 23.3 Å². The molecule has 2 unspecified atom stereocenters. The number of aliphatic carboxylic acids is 1. The molecule has 5 heteroatoms. The zero-order valence-corrected chi connectivity index (χ0v) is 10.5. The standard InChI is InChI=1S/C11H20O4S/c1-2-16(14,15)8-4-6-9-5-3-7-10(9)11(12)13/h9-10H,2-8H2,1H3,(H,12,13). The monoisotopic (exact) mass is 248 g/mol. The van der Waals surface area contributed by atoms with Gasteiger partial charge in [0.1, 0.15) is 9.84 Å². The van der Waals surface area contributed by atoms with E-state index in [1.165, 1.54) is 0 Å². The van der Waals surface area contributed by atoms with Crippen LogP contribution in [0.3, 0.4) is 0 Å². The number of hydrogen-bond acceptors (Lipinski definition) is 3. The van der Waals surface area contributed by atoms with E-state index in [4.69, 9.17) is 5.11 Å². The van der Waals surface area contributed by atoms with Crippen molar-refractivity contribution in [2.24, 2.45) is 11.8 Å². The molecule has 0 aliphatic heterocycles. The molecule has 0 bridgehead atoms. The molecule has 0 heterocycles. The van der Waals surface area contributed by atoms with Crippen LogP contribution in [0, 0.1) is 11.8 Å². The minimum absolute atomic E-state index is 0.181. The van der Waals surface area contributed by atoms with Gasteiger partial charge in [-0.25, -0.2) is 8.42 Å². The number of carboxylic acid groups (broad SMARTS) is 1. The summed E-state index contributed by atoms with van der Waals surface area (Å²) in [6, 6.07) is 0. The second kappa shape index (κ2) is 5.66. The van der Waals surface area contributed by atoms with Crippen LogP contribution in [0.15, 0.2) is 0 Å². The van der Waals surface area contributed by atoms with Gasteiger partial charge in [-0.15, -0.1) is 0 Å². The summed E-state index contributed by atoms with van der Waals surface area (Å²) in [5.74, 6) is -0.401. The molecule has 1 rings (SSSR count). The van der Waals surface area contributed by atoms with Crippen molar-refractivity contribution < 1.29 is 18.3 Å². The molecule has 0 aromatic carbocycles. The summed E-state index contributed by atoms with van der Waals surface area (Å²) in [5.41, 5.74) is 0. The second-order valence-corrected chi connectivity index (χ2v) is 6.99. The van der Waals surface area contributed by atoms with Crippen LogP contribution in [-0.2, 0) is 14.6 Å². The van der Waals surface area contributed by atoms with Crippen molar-refractivity contribution in [1.29, 1.82) is 0 Å². The first-order valence-corrected chi connectivity index (χ1v) is 7.71.